The Morgan fingerprint density at radius 2 is 2.09 bits per heavy atom. The number of benzene rings is 1. The zero-order valence-corrected chi connectivity index (χ0v) is 13.7. The average molecular weight is 318 g/mol. The Hall–Kier alpha value is -2.37. The summed E-state index contributed by atoms with van der Waals surface area (Å²) in [7, 11) is 0. The van der Waals surface area contributed by atoms with Gasteiger partial charge in [0, 0.05) is 24.3 Å². The molecule has 1 fully saturated rings. The third-order valence-corrected chi connectivity index (χ3v) is 3.67. The molecule has 6 heteroatoms. The van der Waals surface area contributed by atoms with Crippen molar-refractivity contribution in [3.8, 4) is 0 Å². The molecule has 6 nitrogen and oxygen atoms in total. The van der Waals surface area contributed by atoms with Crippen molar-refractivity contribution in [2.24, 2.45) is 5.92 Å². The van der Waals surface area contributed by atoms with Crippen molar-refractivity contribution in [1.29, 1.82) is 0 Å². The van der Waals surface area contributed by atoms with Crippen molar-refractivity contribution in [3.05, 3.63) is 23.8 Å². The number of anilines is 2. The van der Waals surface area contributed by atoms with Crippen LogP contribution in [0.1, 0.15) is 32.3 Å². The minimum Gasteiger partial charge on any atom is -0.455 e. The normalized spacial score (nSPS) is 14.3. The van der Waals surface area contributed by atoms with Gasteiger partial charge in [0.2, 0.25) is 5.91 Å². The number of esters is 1. The molecule has 2 amide bonds. The third kappa shape index (κ3) is 4.31. The van der Waals surface area contributed by atoms with Crippen LogP contribution in [0.4, 0.5) is 11.4 Å². The number of nitrogens with one attached hydrogen (secondary N) is 1. The summed E-state index contributed by atoms with van der Waals surface area (Å²) in [5.74, 6) is -0.980. The van der Waals surface area contributed by atoms with Gasteiger partial charge in [-0.05, 0) is 31.0 Å². The first-order chi connectivity index (χ1) is 10.9. The third-order valence-electron chi connectivity index (χ3n) is 3.67. The molecule has 0 bridgehead atoms. The van der Waals surface area contributed by atoms with Gasteiger partial charge in [0.1, 0.15) is 0 Å². The Bertz CT molecular complexity index is 625. The van der Waals surface area contributed by atoms with Gasteiger partial charge in [0.25, 0.3) is 5.91 Å². The van der Waals surface area contributed by atoms with E-state index in [0.717, 1.165) is 17.7 Å². The lowest BCUT2D eigenvalue weighted by molar-refractivity contribution is -0.150. The van der Waals surface area contributed by atoms with E-state index in [4.69, 9.17) is 4.74 Å². The van der Waals surface area contributed by atoms with E-state index in [1.807, 2.05) is 13.0 Å². The lowest BCUT2D eigenvalue weighted by atomic mass is 10.1. The second-order valence-corrected chi connectivity index (χ2v) is 5.96. The highest BCUT2D eigenvalue weighted by Crippen LogP contribution is 2.28. The van der Waals surface area contributed by atoms with Gasteiger partial charge in [-0.25, -0.2) is 0 Å². The zero-order valence-electron chi connectivity index (χ0n) is 13.7. The van der Waals surface area contributed by atoms with Crippen LogP contribution in [0.25, 0.3) is 0 Å². The van der Waals surface area contributed by atoms with E-state index in [1.165, 1.54) is 0 Å². The van der Waals surface area contributed by atoms with Crippen LogP contribution in [0.5, 0.6) is 0 Å². The number of hydrogen-bond donors (Lipinski definition) is 1. The highest BCUT2D eigenvalue weighted by atomic mass is 16.5. The topological polar surface area (TPSA) is 75.7 Å². The Kier molecular flexibility index (Phi) is 5.36. The molecule has 1 aliphatic heterocycles. The van der Waals surface area contributed by atoms with Crippen molar-refractivity contribution in [2.75, 3.05) is 23.4 Å². The number of hydrogen-bond acceptors (Lipinski definition) is 4. The van der Waals surface area contributed by atoms with Crippen LogP contribution >= 0.6 is 0 Å². The first-order valence-corrected chi connectivity index (χ1v) is 7.76. The van der Waals surface area contributed by atoms with Gasteiger partial charge in [-0.3, -0.25) is 14.4 Å². The van der Waals surface area contributed by atoms with E-state index in [9.17, 15) is 14.4 Å². The van der Waals surface area contributed by atoms with E-state index in [2.05, 4.69) is 5.32 Å². The van der Waals surface area contributed by atoms with E-state index in [1.54, 1.807) is 30.9 Å². The fraction of sp³-hybridized carbons (Fsp3) is 0.471. The summed E-state index contributed by atoms with van der Waals surface area (Å²) in [6.45, 7) is 5.72. The molecule has 0 unspecified atom stereocenters. The Labute approximate surface area is 135 Å². The largest absolute Gasteiger partial charge is 0.455 e. The lowest BCUT2D eigenvalue weighted by Gasteiger charge is -2.19. The highest BCUT2D eigenvalue weighted by Gasteiger charge is 2.23. The molecular weight excluding hydrogens is 296 g/mol. The molecule has 1 heterocycles. The fourth-order valence-corrected chi connectivity index (χ4v) is 2.38. The van der Waals surface area contributed by atoms with Gasteiger partial charge in [0.15, 0.2) is 6.61 Å². The number of carbonyl (C=O) groups is 3. The lowest BCUT2D eigenvalue weighted by Crippen LogP contribution is -2.25. The van der Waals surface area contributed by atoms with Crippen molar-refractivity contribution in [3.63, 3.8) is 0 Å². The van der Waals surface area contributed by atoms with E-state index >= 15 is 0 Å². The Morgan fingerprint density at radius 1 is 1.35 bits per heavy atom. The number of carbonyl (C=O) groups excluding carboxylic acids is 3. The van der Waals surface area contributed by atoms with E-state index in [0.29, 0.717) is 18.7 Å². The fourth-order valence-electron chi connectivity index (χ4n) is 2.38. The molecule has 1 aromatic rings. The first kappa shape index (κ1) is 17.0. The highest BCUT2D eigenvalue weighted by molar-refractivity contribution is 5.98. The molecule has 1 saturated heterocycles. The molecule has 2 rings (SSSR count). The molecule has 0 aliphatic carbocycles. The summed E-state index contributed by atoms with van der Waals surface area (Å²) in [5, 5.41) is 2.69. The van der Waals surface area contributed by atoms with E-state index in [-0.39, 0.29) is 18.4 Å². The molecule has 1 N–H and O–H groups in total. The van der Waals surface area contributed by atoms with Crippen molar-refractivity contribution in [2.45, 2.75) is 33.6 Å². The average Bonchev–Trinajstić information content (AvgIpc) is 2.92. The molecule has 1 aliphatic rings. The summed E-state index contributed by atoms with van der Waals surface area (Å²) < 4.78 is 4.89. The summed E-state index contributed by atoms with van der Waals surface area (Å²) in [6.07, 6.45) is 1.40. The summed E-state index contributed by atoms with van der Waals surface area (Å²) in [5.41, 5.74) is 2.37. The molecule has 0 atom stereocenters. The van der Waals surface area contributed by atoms with Crippen LogP contribution in [-0.4, -0.2) is 30.9 Å². The number of rotatable bonds is 5. The van der Waals surface area contributed by atoms with Gasteiger partial charge >= 0.3 is 5.97 Å². The number of amides is 2. The predicted molar refractivity (Wildman–Crippen MR) is 87.2 cm³/mol. The molecule has 0 spiro atoms. The van der Waals surface area contributed by atoms with Crippen LogP contribution in [0, 0.1) is 12.8 Å². The molecule has 0 aromatic heterocycles. The summed E-state index contributed by atoms with van der Waals surface area (Å²) >= 11 is 0. The molecule has 23 heavy (non-hydrogen) atoms. The van der Waals surface area contributed by atoms with Gasteiger partial charge in [0.05, 0.1) is 5.92 Å². The summed E-state index contributed by atoms with van der Waals surface area (Å²) in [6, 6.07) is 5.40. The van der Waals surface area contributed by atoms with Crippen LogP contribution in [0.2, 0.25) is 0 Å². The van der Waals surface area contributed by atoms with Crippen molar-refractivity contribution in [1.82, 2.24) is 0 Å². The van der Waals surface area contributed by atoms with Gasteiger partial charge in [-0.2, -0.15) is 0 Å². The van der Waals surface area contributed by atoms with Gasteiger partial charge in [-0.15, -0.1) is 0 Å². The SMILES string of the molecule is Cc1ccc(NC(=O)COC(=O)C(C)C)cc1N1CCCC1=O. The molecule has 1 aromatic carbocycles. The second kappa shape index (κ2) is 7.26. The number of nitrogens with zero attached hydrogens (tertiary/aromatic N) is 1. The van der Waals surface area contributed by atoms with Gasteiger partial charge in [-0.1, -0.05) is 19.9 Å². The smallest absolute Gasteiger partial charge is 0.308 e. The second-order valence-electron chi connectivity index (χ2n) is 5.96. The Morgan fingerprint density at radius 3 is 2.70 bits per heavy atom. The number of aryl methyl sites for hydroxylation is 1. The molecule has 0 radical (unpaired) electrons. The van der Waals surface area contributed by atoms with Crippen molar-refractivity contribution >= 4 is 29.2 Å². The molecule has 0 saturated carbocycles. The standard InChI is InChI=1S/C17H22N2O4/c1-11(2)17(22)23-10-15(20)18-13-7-6-12(3)14(9-13)19-8-4-5-16(19)21/h6-7,9,11H,4-5,8,10H2,1-3H3,(H,18,20). The summed E-state index contributed by atoms with van der Waals surface area (Å²) in [4.78, 5) is 36.8. The monoisotopic (exact) mass is 318 g/mol. The Balaban J connectivity index is 2.02. The predicted octanol–water partition coefficient (Wildman–Crippen LogP) is 2.26. The molecule has 124 valence electrons. The minimum atomic E-state index is -0.410. The van der Waals surface area contributed by atoms with Crippen LogP contribution in [0.3, 0.4) is 0 Å². The molecular formula is C17H22N2O4. The van der Waals surface area contributed by atoms with Gasteiger partial charge < -0.3 is 15.0 Å². The quantitative estimate of drug-likeness (QED) is 0.845. The van der Waals surface area contributed by atoms with Crippen LogP contribution in [0.15, 0.2) is 18.2 Å². The van der Waals surface area contributed by atoms with Crippen LogP contribution < -0.4 is 10.2 Å². The minimum absolute atomic E-state index is 0.0995. The first-order valence-electron chi connectivity index (χ1n) is 7.76. The van der Waals surface area contributed by atoms with Crippen LogP contribution in [-0.2, 0) is 19.1 Å². The zero-order chi connectivity index (χ0) is 17.0. The maximum absolute atomic E-state index is 11.9. The maximum Gasteiger partial charge on any atom is 0.308 e. The maximum atomic E-state index is 11.9. The number of ether oxygens (including phenoxy) is 1. The van der Waals surface area contributed by atoms with E-state index < -0.39 is 11.9 Å². The van der Waals surface area contributed by atoms with Crippen molar-refractivity contribution < 1.29 is 19.1 Å².